The third kappa shape index (κ3) is 4.08. The number of carbonyl (C=O) groups excluding carboxylic acids is 1. The molecule has 0 aliphatic rings. The van der Waals surface area contributed by atoms with E-state index < -0.39 is 15.7 Å². The highest BCUT2D eigenvalue weighted by Crippen LogP contribution is 2.23. The highest BCUT2D eigenvalue weighted by molar-refractivity contribution is 7.90. The molecular weight excluding hydrogens is 422 g/mol. The van der Waals surface area contributed by atoms with Crippen molar-refractivity contribution in [2.45, 2.75) is 11.4 Å². The summed E-state index contributed by atoms with van der Waals surface area (Å²) in [5.41, 5.74) is 1.14. The fourth-order valence-electron chi connectivity index (χ4n) is 3.25. The Morgan fingerprint density at radius 2 is 1.83 bits per heavy atom. The number of rotatable bonds is 5. The molecule has 0 radical (unpaired) electrons. The van der Waals surface area contributed by atoms with E-state index in [1.165, 1.54) is 18.2 Å². The van der Waals surface area contributed by atoms with Gasteiger partial charge in [-0.25, -0.2) is 13.1 Å². The van der Waals surface area contributed by atoms with Crippen LogP contribution in [0.1, 0.15) is 15.9 Å². The van der Waals surface area contributed by atoms with Gasteiger partial charge in [0.05, 0.1) is 28.2 Å². The summed E-state index contributed by atoms with van der Waals surface area (Å²) in [4.78, 5) is 12.8. The van der Waals surface area contributed by atoms with Crippen LogP contribution in [0.25, 0.3) is 10.8 Å². The van der Waals surface area contributed by atoms with Gasteiger partial charge < -0.3 is 5.32 Å². The van der Waals surface area contributed by atoms with Crippen molar-refractivity contribution < 1.29 is 13.2 Å². The molecule has 0 aliphatic carbocycles. The first-order valence-electron chi connectivity index (χ1n) is 9.12. The third-order valence-corrected chi connectivity index (χ3v) is 6.21. The monoisotopic (exact) mass is 439 g/mol. The molecule has 0 atom stereocenters. The molecule has 1 amide bonds. The summed E-state index contributed by atoms with van der Waals surface area (Å²) in [5, 5.41) is 9.49. The standard InChI is InChI=1S/C22H18ClN3O3S/c1-30(28,29)17-9-10-20(23)19(13-17)22(27)25-21-11-12-24-26(21)14-16-7-4-6-15-5-2-3-8-18(15)16/h2-13H,14H2,1H3,(H,25,27). The molecule has 1 N–H and O–H groups in total. The molecule has 152 valence electrons. The molecule has 4 rings (SSSR count). The van der Waals surface area contributed by atoms with Crippen LogP contribution in [-0.4, -0.2) is 30.4 Å². The van der Waals surface area contributed by atoms with Crippen LogP contribution in [0.2, 0.25) is 5.02 Å². The summed E-state index contributed by atoms with van der Waals surface area (Å²) in [5.74, 6) is -0.0288. The van der Waals surface area contributed by atoms with Gasteiger partial charge in [0.2, 0.25) is 0 Å². The number of amides is 1. The minimum atomic E-state index is -3.46. The Morgan fingerprint density at radius 3 is 2.63 bits per heavy atom. The normalized spacial score (nSPS) is 11.5. The van der Waals surface area contributed by atoms with Gasteiger partial charge in [-0.15, -0.1) is 0 Å². The van der Waals surface area contributed by atoms with Crippen LogP contribution >= 0.6 is 11.6 Å². The maximum atomic E-state index is 12.8. The minimum absolute atomic E-state index is 0.0290. The molecule has 4 aromatic rings. The van der Waals surface area contributed by atoms with E-state index in [-0.39, 0.29) is 15.5 Å². The quantitative estimate of drug-likeness (QED) is 0.500. The lowest BCUT2D eigenvalue weighted by Crippen LogP contribution is -2.17. The largest absolute Gasteiger partial charge is 0.307 e. The van der Waals surface area contributed by atoms with Crippen molar-refractivity contribution in [2.75, 3.05) is 11.6 Å². The number of sulfone groups is 1. The Bertz CT molecular complexity index is 1360. The zero-order chi connectivity index (χ0) is 21.3. The molecular formula is C22H18ClN3O3S. The zero-order valence-corrected chi connectivity index (χ0v) is 17.6. The number of aromatic nitrogens is 2. The van der Waals surface area contributed by atoms with E-state index in [2.05, 4.69) is 10.4 Å². The topological polar surface area (TPSA) is 81.1 Å². The van der Waals surface area contributed by atoms with E-state index in [0.717, 1.165) is 22.6 Å². The highest BCUT2D eigenvalue weighted by atomic mass is 35.5. The summed E-state index contributed by atoms with van der Waals surface area (Å²) in [7, 11) is -3.46. The van der Waals surface area contributed by atoms with Crippen LogP contribution < -0.4 is 5.32 Å². The van der Waals surface area contributed by atoms with Gasteiger partial charge >= 0.3 is 0 Å². The maximum Gasteiger partial charge on any atom is 0.258 e. The number of halogens is 1. The highest BCUT2D eigenvalue weighted by Gasteiger charge is 2.17. The Kier molecular flexibility index (Phi) is 5.32. The molecule has 0 spiro atoms. The molecule has 0 fully saturated rings. The SMILES string of the molecule is CS(=O)(=O)c1ccc(Cl)c(C(=O)Nc2ccnn2Cc2cccc3ccccc23)c1. The van der Waals surface area contributed by atoms with E-state index in [1.54, 1.807) is 16.9 Å². The molecule has 0 aliphatic heterocycles. The molecule has 0 unspecified atom stereocenters. The minimum Gasteiger partial charge on any atom is -0.307 e. The Morgan fingerprint density at radius 1 is 1.07 bits per heavy atom. The van der Waals surface area contributed by atoms with Crippen molar-refractivity contribution >= 4 is 43.9 Å². The lowest BCUT2D eigenvalue weighted by molar-refractivity contribution is 0.102. The van der Waals surface area contributed by atoms with Gasteiger partial charge in [0, 0.05) is 12.3 Å². The summed E-state index contributed by atoms with van der Waals surface area (Å²) < 4.78 is 25.3. The number of nitrogens with one attached hydrogen (secondary N) is 1. The van der Waals surface area contributed by atoms with Crippen molar-refractivity contribution in [2.24, 2.45) is 0 Å². The number of anilines is 1. The van der Waals surface area contributed by atoms with Gasteiger partial charge in [0.1, 0.15) is 5.82 Å². The first kappa shape index (κ1) is 20.1. The predicted octanol–water partition coefficient (Wildman–Crippen LogP) is 4.39. The van der Waals surface area contributed by atoms with Gasteiger partial charge in [-0.2, -0.15) is 5.10 Å². The Labute approximate surface area is 179 Å². The first-order valence-corrected chi connectivity index (χ1v) is 11.4. The van der Waals surface area contributed by atoms with Gasteiger partial charge in [-0.05, 0) is 34.5 Å². The van der Waals surface area contributed by atoms with Crippen LogP contribution in [0.4, 0.5) is 5.82 Å². The van der Waals surface area contributed by atoms with E-state index in [9.17, 15) is 13.2 Å². The van der Waals surface area contributed by atoms with E-state index in [1.807, 2.05) is 42.5 Å². The smallest absolute Gasteiger partial charge is 0.258 e. The molecule has 30 heavy (non-hydrogen) atoms. The number of hydrogen-bond acceptors (Lipinski definition) is 4. The number of hydrogen-bond donors (Lipinski definition) is 1. The van der Waals surface area contributed by atoms with E-state index >= 15 is 0 Å². The number of carbonyl (C=O) groups is 1. The fraction of sp³-hybridized carbons (Fsp3) is 0.0909. The van der Waals surface area contributed by atoms with E-state index in [0.29, 0.717) is 12.4 Å². The number of nitrogens with zero attached hydrogens (tertiary/aromatic N) is 2. The summed E-state index contributed by atoms with van der Waals surface area (Å²) in [6.45, 7) is 0.459. The summed E-state index contributed by atoms with van der Waals surface area (Å²) in [6.07, 6.45) is 2.67. The van der Waals surface area contributed by atoms with Gasteiger partial charge in [-0.1, -0.05) is 54.1 Å². The summed E-state index contributed by atoms with van der Waals surface area (Å²) in [6, 6.07) is 19.8. The van der Waals surface area contributed by atoms with Gasteiger partial charge in [0.25, 0.3) is 5.91 Å². The average Bonchev–Trinajstić information content (AvgIpc) is 3.14. The predicted molar refractivity (Wildman–Crippen MR) is 118 cm³/mol. The lowest BCUT2D eigenvalue weighted by atomic mass is 10.0. The second-order valence-corrected chi connectivity index (χ2v) is 9.30. The third-order valence-electron chi connectivity index (χ3n) is 4.77. The second-order valence-electron chi connectivity index (χ2n) is 6.88. The zero-order valence-electron chi connectivity index (χ0n) is 16.0. The van der Waals surface area contributed by atoms with E-state index in [4.69, 9.17) is 11.6 Å². The number of benzene rings is 3. The Hall–Kier alpha value is -3.16. The molecule has 3 aromatic carbocycles. The maximum absolute atomic E-state index is 12.8. The van der Waals surface area contributed by atoms with Gasteiger partial charge in [0.15, 0.2) is 9.84 Å². The molecule has 0 saturated heterocycles. The van der Waals surface area contributed by atoms with Crippen molar-refractivity contribution in [3.63, 3.8) is 0 Å². The van der Waals surface area contributed by atoms with Crippen molar-refractivity contribution in [3.8, 4) is 0 Å². The van der Waals surface area contributed by atoms with Crippen molar-refractivity contribution in [1.29, 1.82) is 0 Å². The van der Waals surface area contributed by atoms with Crippen LogP contribution in [0.15, 0.2) is 77.8 Å². The molecule has 8 heteroatoms. The number of fused-ring (bicyclic) bond motifs is 1. The van der Waals surface area contributed by atoms with Crippen LogP contribution in [-0.2, 0) is 16.4 Å². The second kappa shape index (κ2) is 7.93. The Balaban J connectivity index is 1.62. The van der Waals surface area contributed by atoms with Crippen LogP contribution in [0.5, 0.6) is 0 Å². The van der Waals surface area contributed by atoms with Gasteiger partial charge in [-0.3, -0.25) is 4.79 Å². The molecule has 0 bridgehead atoms. The molecule has 1 heterocycles. The first-order chi connectivity index (χ1) is 14.3. The molecule has 1 aromatic heterocycles. The fourth-order valence-corrected chi connectivity index (χ4v) is 4.10. The molecule has 6 nitrogen and oxygen atoms in total. The summed E-state index contributed by atoms with van der Waals surface area (Å²) >= 11 is 6.14. The molecule has 0 saturated carbocycles. The van der Waals surface area contributed by atoms with Crippen LogP contribution in [0, 0.1) is 0 Å². The van der Waals surface area contributed by atoms with Crippen molar-refractivity contribution in [3.05, 3.63) is 89.1 Å². The van der Waals surface area contributed by atoms with Crippen molar-refractivity contribution in [1.82, 2.24) is 9.78 Å². The van der Waals surface area contributed by atoms with Crippen LogP contribution in [0.3, 0.4) is 0 Å². The lowest BCUT2D eigenvalue weighted by Gasteiger charge is -2.12. The average molecular weight is 440 g/mol.